The van der Waals surface area contributed by atoms with E-state index in [4.69, 9.17) is 4.74 Å². The molecule has 0 atom stereocenters. The zero-order valence-electron chi connectivity index (χ0n) is 11.4. The van der Waals surface area contributed by atoms with Crippen LogP contribution in [0.4, 0.5) is 5.69 Å². The third kappa shape index (κ3) is 2.24. The van der Waals surface area contributed by atoms with E-state index in [-0.39, 0.29) is 0 Å². The van der Waals surface area contributed by atoms with Gasteiger partial charge in [0.1, 0.15) is 0 Å². The van der Waals surface area contributed by atoms with Crippen molar-refractivity contribution in [2.75, 3.05) is 38.2 Å². The first-order chi connectivity index (χ1) is 9.29. The molecule has 0 spiro atoms. The summed E-state index contributed by atoms with van der Waals surface area (Å²) in [5.41, 5.74) is 2.27. The molecule has 0 unspecified atom stereocenters. The number of piperazine rings is 1. The lowest BCUT2D eigenvalue weighted by atomic mass is 10.1. The van der Waals surface area contributed by atoms with Gasteiger partial charge in [-0.2, -0.15) is 0 Å². The molecule has 1 aliphatic rings. The van der Waals surface area contributed by atoms with Crippen LogP contribution in [0, 0.1) is 6.92 Å². The number of pyridine rings is 1. The third-order valence-corrected chi connectivity index (χ3v) is 3.60. The molecule has 4 nitrogen and oxygen atoms in total. The average molecular weight is 257 g/mol. The van der Waals surface area contributed by atoms with Crippen LogP contribution in [0.1, 0.15) is 5.69 Å². The molecule has 2 aromatic rings. The zero-order chi connectivity index (χ0) is 13.2. The fourth-order valence-corrected chi connectivity index (χ4v) is 2.69. The molecule has 19 heavy (non-hydrogen) atoms. The lowest BCUT2D eigenvalue weighted by Gasteiger charge is -2.30. The predicted molar refractivity (Wildman–Crippen MR) is 78.1 cm³/mol. The topological polar surface area (TPSA) is 37.4 Å². The van der Waals surface area contributed by atoms with Gasteiger partial charge in [-0.25, -0.2) is 4.98 Å². The van der Waals surface area contributed by atoms with Crippen molar-refractivity contribution in [3.05, 3.63) is 30.0 Å². The maximum Gasteiger partial charge on any atom is 0.221 e. The second kappa shape index (κ2) is 5.05. The van der Waals surface area contributed by atoms with Gasteiger partial charge < -0.3 is 15.0 Å². The van der Waals surface area contributed by atoms with Crippen LogP contribution in [0.5, 0.6) is 5.88 Å². The summed E-state index contributed by atoms with van der Waals surface area (Å²) in [5, 5.41) is 5.71. The smallest absolute Gasteiger partial charge is 0.221 e. The monoisotopic (exact) mass is 257 g/mol. The molecule has 0 amide bonds. The Morgan fingerprint density at radius 3 is 2.74 bits per heavy atom. The van der Waals surface area contributed by atoms with Gasteiger partial charge in [-0.05, 0) is 25.1 Å². The maximum absolute atomic E-state index is 5.41. The van der Waals surface area contributed by atoms with Crippen LogP contribution < -0.4 is 15.0 Å². The average Bonchev–Trinajstić information content (AvgIpc) is 2.46. The predicted octanol–water partition coefficient (Wildman–Crippen LogP) is 1.96. The summed E-state index contributed by atoms with van der Waals surface area (Å²) >= 11 is 0. The second-order valence-electron chi connectivity index (χ2n) is 4.88. The van der Waals surface area contributed by atoms with Gasteiger partial charge in [-0.15, -0.1) is 0 Å². The van der Waals surface area contributed by atoms with Gasteiger partial charge in [0.25, 0.3) is 0 Å². The largest absolute Gasteiger partial charge is 0.481 e. The number of nitrogens with one attached hydrogen (secondary N) is 1. The van der Waals surface area contributed by atoms with Crippen LogP contribution >= 0.6 is 0 Å². The van der Waals surface area contributed by atoms with Crippen molar-refractivity contribution in [3.8, 4) is 5.88 Å². The molecule has 1 fully saturated rings. The summed E-state index contributed by atoms with van der Waals surface area (Å²) in [6.45, 7) is 6.18. The Kier molecular flexibility index (Phi) is 3.25. The summed E-state index contributed by atoms with van der Waals surface area (Å²) in [6, 6.07) is 8.49. The summed E-state index contributed by atoms with van der Waals surface area (Å²) < 4.78 is 5.41. The minimum Gasteiger partial charge on any atom is -0.481 e. The maximum atomic E-state index is 5.41. The number of ether oxygens (including phenoxy) is 1. The van der Waals surface area contributed by atoms with Gasteiger partial charge >= 0.3 is 0 Å². The first kappa shape index (κ1) is 12.2. The number of aromatic nitrogens is 1. The van der Waals surface area contributed by atoms with E-state index in [1.165, 1.54) is 11.1 Å². The van der Waals surface area contributed by atoms with Gasteiger partial charge in [0.05, 0.1) is 7.11 Å². The highest BCUT2D eigenvalue weighted by Gasteiger charge is 2.15. The molecule has 4 heteroatoms. The lowest BCUT2D eigenvalue weighted by Crippen LogP contribution is -2.43. The van der Waals surface area contributed by atoms with E-state index in [0.29, 0.717) is 5.88 Å². The number of methoxy groups -OCH3 is 1. The van der Waals surface area contributed by atoms with Crippen LogP contribution in [0.2, 0.25) is 0 Å². The number of aryl methyl sites for hydroxylation is 1. The fraction of sp³-hybridized carbons (Fsp3) is 0.400. The van der Waals surface area contributed by atoms with Crippen molar-refractivity contribution >= 4 is 16.5 Å². The normalized spacial score (nSPS) is 15.8. The van der Waals surface area contributed by atoms with E-state index in [0.717, 1.165) is 37.3 Å². The van der Waals surface area contributed by atoms with Gasteiger partial charge in [-0.3, -0.25) is 0 Å². The molecular weight excluding hydrogens is 238 g/mol. The molecule has 1 N–H and O–H groups in total. The lowest BCUT2D eigenvalue weighted by molar-refractivity contribution is 0.402. The van der Waals surface area contributed by atoms with E-state index in [1.54, 1.807) is 7.11 Å². The summed E-state index contributed by atoms with van der Waals surface area (Å²) in [7, 11) is 1.68. The highest BCUT2D eigenvalue weighted by molar-refractivity contribution is 5.97. The molecule has 1 saturated heterocycles. The molecule has 2 heterocycles. The van der Waals surface area contributed by atoms with Crippen molar-refractivity contribution in [2.24, 2.45) is 0 Å². The summed E-state index contributed by atoms with van der Waals surface area (Å²) in [5.74, 6) is 0.715. The van der Waals surface area contributed by atoms with E-state index >= 15 is 0 Å². The molecular formula is C15H19N3O. The van der Waals surface area contributed by atoms with E-state index < -0.39 is 0 Å². The quantitative estimate of drug-likeness (QED) is 0.892. The van der Waals surface area contributed by atoms with E-state index in [2.05, 4.69) is 39.5 Å². The molecule has 3 rings (SSSR count). The Morgan fingerprint density at radius 1 is 1.21 bits per heavy atom. The number of benzene rings is 1. The molecule has 100 valence electrons. The third-order valence-electron chi connectivity index (χ3n) is 3.60. The SMILES string of the molecule is COc1nc(C)cc2c(N3CCNCC3)cccc12. The van der Waals surface area contributed by atoms with Gasteiger partial charge in [0.15, 0.2) is 0 Å². The van der Waals surface area contributed by atoms with Crippen molar-refractivity contribution in [2.45, 2.75) is 6.92 Å². The molecule has 1 aromatic carbocycles. The van der Waals surface area contributed by atoms with Crippen molar-refractivity contribution in [1.29, 1.82) is 0 Å². The van der Waals surface area contributed by atoms with Gasteiger partial charge in [0, 0.05) is 48.3 Å². The number of fused-ring (bicyclic) bond motifs is 1. The number of hydrogen-bond donors (Lipinski definition) is 1. The van der Waals surface area contributed by atoms with Crippen LogP contribution in [-0.2, 0) is 0 Å². The zero-order valence-corrected chi connectivity index (χ0v) is 11.4. The highest BCUT2D eigenvalue weighted by Crippen LogP contribution is 2.32. The molecule has 1 aromatic heterocycles. The van der Waals surface area contributed by atoms with Crippen LogP contribution in [0.15, 0.2) is 24.3 Å². The number of rotatable bonds is 2. The van der Waals surface area contributed by atoms with Crippen LogP contribution in [-0.4, -0.2) is 38.3 Å². The summed E-state index contributed by atoms with van der Waals surface area (Å²) in [6.07, 6.45) is 0. The molecule has 0 bridgehead atoms. The number of hydrogen-bond acceptors (Lipinski definition) is 4. The highest BCUT2D eigenvalue weighted by atomic mass is 16.5. The minimum absolute atomic E-state index is 0.715. The van der Waals surface area contributed by atoms with Crippen molar-refractivity contribution in [1.82, 2.24) is 10.3 Å². The van der Waals surface area contributed by atoms with E-state index in [1.807, 2.05) is 6.92 Å². The first-order valence-corrected chi connectivity index (χ1v) is 6.69. The van der Waals surface area contributed by atoms with Crippen molar-refractivity contribution < 1.29 is 4.74 Å². The fourth-order valence-electron chi connectivity index (χ4n) is 2.69. The summed E-state index contributed by atoms with van der Waals surface area (Å²) in [4.78, 5) is 6.88. The second-order valence-corrected chi connectivity index (χ2v) is 4.88. The Bertz CT molecular complexity index is 591. The molecule has 1 aliphatic heterocycles. The first-order valence-electron chi connectivity index (χ1n) is 6.69. The Balaban J connectivity index is 2.16. The minimum atomic E-state index is 0.715. The Labute approximate surface area is 113 Å². The van der Waals surface area contributed by atoms with Crippen molar-refractivity contribution in [3.63, 3.8) is 0 Å². The number of nitrogens with zero attached hydrogens (tertiary/aromatic N) is 2. The standard InChI is InChI=1S/C15H19N3O/c1-11-10-13-12(15(17-11)19-2)4-3-5-14(13)18-8-6-16-7-9-18/h3-5,10,16H,6-9H2,1-2H3. The molecule has 0 radical (unpaired) electrons. The van der Waals surface area contributed by atoms with E-state index in [9.17, 15) is 0 Å². The Hall–Kier alpha value is -1.81. The number of anilines is 1. The van der Waals surface area contributed by atoms with Gasteiger partial charge in [-0.1, -0.05) is 6.07 Å². The van der Waals surface area contributed by atoms with Crippen LogP contribution in [0.25, 0.3) is 10.8 Å². The Morgan fingerprint density at radius 2 is 2.00 bits per heavy atom. The van der Waals surface area contributed by atoms with Crippen LogP contribution in [0.3, 0.4) is 0 Å². The van der Waals surface area contributed by atoms with Gasteiger partial charge in [0.2, 0.25) is 5.88 Å². The molecule has 0 saturated carbocycles. The molecule has 0 aliphatic carbocycles.